The molecule has 3 rings (SSSR count). The summed E-state index contributed by atoms with van der Waals surface area (Å²) in [6.07, 6.45) is 0. The van der Waals surface area contributed by atoms with Crippen LogP contribution in [0.2, 0.25) is 5.02 Å². The van der Waals surface area contributed by atoms with Crippen molar-refractivity contribution in [2.24, 2.45) is 0 Å². The van der Waals surface area contributed by atoms with Crippen molar-refractivity contribution in [3.8, 4) is 5.75 Å². The first-order chi connectivity index (χ1) is 15.2. The number of halogens is 2. The van der Waals surface area contributed by atoms with Gasteiger partial charge in [0.2, 0.25) is 5.91 Å². The standard InChI is InChI=1S/C23H22ClFN2O4S/c1-3-31-20-10-12-21(13-11-20)32(29,30)27(19-8-5-17(25)6-9-19)15-23(28)26-18-7-4-16(2)22(24)14-18/h4-14H,3,15H2,1-2H3,(H,26,28). The van der Waals surface area contributed by atoms with Gasteiger partial charge in [-0.1, -0.05) is 17.7 Å². The number of anilines is 2. The average molecular weight is 477 g/mol. The maximum absolute atomic E-state index is 13.4. The van der Waals surface area contributed by atoms with Gasteiger partial charge in [0.05, 0.1) is 17.2 Å². The van der Waals surface area contributed by atoms with Crippen LogP contribution in [0.1, 0.15) is 12.5 Å². The van der Waals surface area contributed by atoms with E-state index < -0.39 is 28.3 Å². The lowest BCUT2D eigenvalue weighted by Gasteiger charge is -2.24. The monoisotopic (exact) mass is 476 g/mol. The minimum absolute atomic E-state index is 0.0311. The third-order valence-corrected chi connectivity index (χ3v) is 6.78. The van der Waals surface area contributed by atoms with Crippen molar-refractivity contribution < 1.29 is 22.3 Å². The fraction of sp³-hybridized carbons (Fsp3) is 0.174. The minimum atomic E-state index is -4.13. The molecule has 0 radical (unpaired) electrons. The third-order valence-electron chi connectivity index (χ3n) is 4.58. The summed E-state index contributed by atoms with van der Waals surface area (Å²) in [5.74, 6) is -0.580. The molecule has 1 amide bonds. The van der Waals surface area contributed by atoms with Crippen molar-refractivity contribution in [2.45, 2.75) is 18.7 Å². The van der Waals surface area contributed by atoms with Crippen LogP contribution < -0.4 is 14.4 Å². The van der Waals surface area contributed by atoms with E-state index in [-0.39, 0.29) is 10.6 Å². The summed E-state index contributed by atoms with van der Waals surface area (Å²) in [6.45, 7) is 3.57. The second-order valence-corrected chi connectivity index (χ2v) is 9.17. The molecular formula is C23H22ClFN2O4S. The molecule has 0 fully saturated rings. The molecule has 0 aromatic heterocycles. The first-order valence-electron chi connectivity index (χ1n) is 9.78. The largest absolute Gasteiger partial charge is 0.494 e. The second kappa shape index (κ2) is 10.0. The van der Waals surface area contributed by atoms with Crippen LogP contribution in [-0.4, -0.2) is 27.5 Å². The number of hydrogen-bond donors (Lipinski definition) is 1. The molecule has 9 heteroatoms. The Labute approximate surface area is 191 Å². The van der Waals surface area contributed by atoms with Crippen molar-refractivity contribution in [1.29, 1.82) is 0 Å². The zero-order valence-corrected chi connectivity index (χ0v) is 19.1. The fourth-order valence-electron chi connectivity index (χ4n) is 2.93. The Hall–Kier alpha value is -3.10. The highest BCUT2D eigenvalue weighted by Crippen LogP contribution is 2.26. The molecule has 0 spiro atoms. The number of carbonyl (C=O) groups excluding carboxylic acids is 1. The van der Waals surface area contributed by atoms with E-state index in [1.54, 1.807) is 18.2 Å². The Kier molecular flexibility index (Phi) is 7.37. The number of hydrogen-bond acceptors (Lipinski definition) is 4. The topological polar surface area (TPSA) is 75.7 Å². The molecule has 0 aliphatic carbocycles. The van der Waals surface area contributed by atoms with Gasteiger partial charge in [0.1, 0.15) is 18.1 Å². The number of sulfonamides is 1. The summed E-state index contributed by atoms with van der Waals surface area (Å²) in [5.41, 5.74) is 1.43. The van der Waals surface area contributed by atoms with Crippen molar-refractivity contribution in [2.75, 3.05) is 22.8 Å². The van der Waals surface area contributed by atoms with Crippen LogP contribution in [0.3, 0.4) is 0 Å². The number of benzene rings is 3. The molecule has 32 heavy (non-hydrogen) atoms. The average Bonchev–Trinajstić information content (AvgIpc) is 2.76. The SMILES string of the molecule is CCOc1ccc(S(=O)(=O)N(CC(=O)Nc2ccc(C)c(Cl)c2)c2ccc(F)cc2)cc1. The number of aryl methyl sites for hydroxylation is 1. The van der Waals surface area contributed by atoms with Gasteiger partial charge in [-0.2, -0.15) is 0 Å². The summed E-state index contributed by atoms with van der Waals surface area (Å²) in [6, 6.07) is 15.7. The number of ether oxygens (including phenoxy) is 1. The molecule has 0 bridgehead atoms. The first-order valence-corrected chi connectivity index (χ1v) is 11.6. The Morgan fingerprint density at radius 1 is 1.06 bits per heavy atom. The molecule has 6 nitrogen and oxygen atoms in total. The second-order valence-electron chi connectivity index (χ2n) is 6.90. The van der Waals surface area contributed by atoms with Crippen LogP contribution in [0.5, 0.6) is 5.75 Å². The van der Waals surface area contributed by atoms with Gasteiger partial charge in [-0.3, -0.25) is 9.10 Å². The van der Waals surface area contributed by atoms with Gasteiger partial charge < -0.3 is 10.1 Å². The summed E-state index contributed by atoms with van der Waals surface area (Å²) in [4.78, 5) is 12.7. The van der Waals surface area contributed by atoms with E-state index >= 15 is 0 Å². The number of rotatable bonds is 8. The van der Waals surface area contributed by atoms with Crippen molar-refractivity contribution in [1.82, 2.24) is 0 Å². The summed E-state index contributed by atoms with van der Waals surface area (Å²) >= 11 is 6.10. The zero-order chi connectivity index (χ0) is 23.3. The highest BCUT2D eigenvalue weighted by atomic mass is 35.5. The van der Waals surface area contributed by atoms with Gasteiger partial charge in [-0.05, 0) is 80.1 Å². The lowest BCUT2D eigenvalue weighted by Crippen LogP contribution is -2.38. The van der Waals surface area contributed by atoms with E-state index in [9.17, 15) is 17.6 Å². The van der Waals surface area contributed by atoms with E-state index in [0.717, 1.165) is 22.0 Å². The smallest absolute Gasteiger partial charge is 0.264 e. The first kappa shape index (κ1) is 23.6. The van der Waals surface area contributed by atoms with Crippen LogP contribution in [0.4, 0.5) is 15.8 Å². The van der Waals surface area contributed by atoms with Crippen molar-refractivity contribution in [3.63, 3.8) is 0 Å². The van der Waals surface area contributed by atoms with E-state index in [1.165, 1.54) is 36.4 Å². The van der Waals surface area contributed by atoms with Crippen LogP contribution in [0.15, 0.2) is 71.6 Å². The van der Waals surface area contributed by atoms with Gasteiger partial charge >= 0.3 is 0 Å². The lowest BCUT2D eigenvalue weighted by atomic mass is 10.2. The Balaban J connectivity index is 1.91. The normalized spacial score (nSPS) is 11.1. The van der Waals surface area contributed by atoms with Crippen LogP contribution in [-0.2, 0) is 14.8 Å². The summed E-state index contributed by atoms with van der Waals surface area (Å²) in [5, 5.41) is 3.12. The molecule has 0 saturated heterocycles. The summed E-state index contributed by atoms with van der Waals surface area (Å²) < 4.78 is 46.4. The van der Waals surface area contributed by atoms with Crippen LogP contribution in [0.25, 0.3) is 0 Å². The highest BCUT2D eigenvalue weighted by Gasteiger charge is 2.27. The number of nitrogens with zero attached hydrogens (tertiary/aromatic N) is 1. The fourth-order valence-corrected chi connectivity index (χ4v) is 4.53. The maximum atomic E-state index is 13.4. The van der Waals surface area contributed by atoms with Gasteiger partial charge in [-0.25, -0.2) is 12.8 Å². The van der Waals surface area contributed by atoms with Crippen molar-refractivity contribution >= 4 is 38.9 Å². The predicted molar refractivity (Wildman–Crippen MR) is 123 cm³/mol. The molecule has 0 atom stereocenters. The molecule has 3 aromatic carbocycles. The molecule has 0 heterocycles. The van der Waals surface area contributed by atoms with Crippen LogP contribution >= 0.6 is 11.6 Å². The maximum Gasteiger partial charge on any atom is 0.264 e. The molecule has 0 aliphatic rings. The minimum Gasteiger partial charge on any atom is -0.494 e. The molecule has 3 aromatic rings. The van der Waals surface area contributed by atoms with E-state index in [2.05, 4.69) is 5.32 Å². The Bertz CT molecular complexity index is 1200. The van der Waals surface area contributed by atoms with E-state index in [0.29, 0.717) is 23.1 Å². The zero-order valence-electron chi connectivity index (χ0n) is 17.5. The molecule has 0 saturated carbocycles. The summed E-state index contributed by atoms with van der Waals surface area (Å²) in [7, 11) is -4.13. The van der Waals surface area contributed by atoms with Gasteiger partial charge in [0, 0.05) is 10.7 Å². The molecular weight excluding hydrogens is 455 g/mol. The lowest BCUT2D eigenvalue weighted by molar-refractivity contribution is -0.114. The molecule has 168 valence electrons. The quantitative estimate of drug-likeness (QED) is 0.495. The van der Waals surface area contributed by atoms with Gasteiger partial charge in [-0.15, -0.1) is 0 Å². The number of carbonyl (C=O) groups is 1. The Morgan fingerprint density at radius 2 is 1.72 bits per heavy atom. The molecule has 1 N–H and O–H groups in total. The molecule has 0 aliphatic heterocycles. The predicted octanol–water partition coefficient (Wildman–Crippen LogP) is 5.02. The Morgan fingerprint density at radius 3 is 2.31 bits per heavy atom. The highest BCUT2D eigenvalue weighted by molar-refractivity contribution is 7.92. The van der Waals surface area contributed by atoms with E-state index in [1.807, 2.05) is 13.8 Å². The van der Waals surface area contributed by atoms with Crippen LogP contribution in [0, 0.1) is 12.7 Å². The number of amides is 1. The van der Waals surface area contributed by atoms with Crippen molar-refractivity contribution in [3.05, 3.63) is 83.1 Å². The van der Waals surface area contributed by atoms with Gasteiger partial charge in [0.15, 0.2) is 0 Å². The number of nitrogens with one attached hydrogen (secondary N) is 1. The molecule has 0 unspecified atom stereocenters. The third kappa shape index (κ3) is 5.57. The van der Waals surface area contributed by atoms with E-state index in [4.69, 9.17) is 16.3 Å². The van der Waals surface area contributed by atoms with Gasteiger partial charge in [0.25, 0.3) is 10.0 Å².